The highest BCUT2D eigenvalue weighted by atomic mass is 79.9. The number of pyridine rings is 1. The highest BCUT2D eigenvalue weighted by Gasteiger charge is 2.33. The number of nitrogens with zero attached hydrogens (tertiary/aromatic N) is 1. The summed E-state index contributed by atoms with van der Waals surface area (Å²) in [5, 5.41) is 0.501. The average molecular weight is 419 g/mol. The van der Waals surface area contributed by atoms with Crippen LogP contribution in [0.5, 0.6) is 0 Å². The summed E-state index contributed by atoms with van der Waals surface area (Å²) in [5.41, 5.74) is 5.05. The molecular weight excluding hydrogens is 401 g/mol. The lowest BCUT2D eigenvalue weighted by molar-refractivity contribution is -0.156. The van der Waals surface area contributed by atoms with E-state index in [1.807, 2.05) is 0 Å². The Balaban J connectivity index is 2.36. The lowest BCUT2D eigenvalue weighted by atomic mass is 10.0. The number of hydrogen-bond acceptors (Lipinski definition) is 4. The van der Waals surface area contributed by atoms with Crippen molar-refractivity contribution in [2.24, 2.45) is 5.73 Å². The normalized spacial score (nSPS) is 13.8. The number of rotatable bonds is 3. The minimum atomic E-state index is -4.53. The molecule has 0 saturated carbocycles. The largest absolute Gasteiger partial charge is 0.459 e. The Kier molecular flexibility index (Phi) is 5.44. The summed E-state index contributed by atoms with van der Waals surface area (Å²) >= 11 is 3.21. The van der Waals surface area contributed by atoms with Crippen LogP contribution >= 0.6 is 15.9 Å². The molecule has 1 atom stereocenters. The Morgan fingerprint density at radius 1 is 1.24 bits per heavy atom. The van der Waals surface area contributed by atoms with E-state index in [0.717, 1.165) is 6.07 Å². The molecule has 0 saturated heterocycles. The monoisotopic (exact) mass is 418 g/mol. The van der Waals surface area contributed by atoms with Gasteiger partial charge in [0.15, 0.2) is 0 Å². The number of carbonyl (C=O) groups excluding carboxylic acids is 1. The molecule has 2 rings (SSSR count). The van der Waals surface area contributed by atoms with E-state index >= 15 is 0 Å². The molecule has 136 valence electrons. The van der Waals surface area contributed by atoms with E-state index in [4.69, 9.17) is 10.5 Å². The number of esters is 1. The Bertz CT molecular complexity index is 801. The second-order valence-electron chi connectivity index (χ2n) is 6.64. The summed E-state index contributed by atoms with van der Waals surface area (Å²) in [5.74, 6) is -0.566. The number of benzene rings is 1. The number of carbonyl (C=O) groups is 1. The van der Waals surface area contributed by atoms with Gasteiger partial charge in [0.25, 0.3) is 0 Å². The summed E-state index contributed by atoms with van der Waals surface area (Å²) in [6, 6.07) is 4.62. The fraction of sp³-hybridized carbons (Fsp3) is 0.412. The number of fused-ring (bicyclic) bond motifs is 1. The minimum Gasteiger partial charge on any atom is -0.459 e. The Morgan fingerprint density at radius 2 is 1.88 bits per heavy atom. The van der Waals surface area contributed by atoms with Crippen LogP contribution in [0.15, 0.2) is 28.7 Å². The van der Waals surface area contributed by atoms with Crippen LogP contribution in [-0.2, 0) is 22.1 Å². The first kappa shape index (κ1) is 19.7. The second-order valence-corrected chi connectivity index (χ2v) is 7.50. The maximum absolute atomic E-state index is 12.9. The van der Waals surface area contributed by atoms with Crippen LogP contribution < -0.4 is 5.73 Å². The van der Waals surface area contributed by atoms with Crippen molar-refractivity contribution >= 4 is 32.8 Å². The first-order valence-corrected chi connectivity index (χ1v) is 8.31. The molecule has 1 heterocycles. The van der Waals surface area contributed by atoms with Gasteiger partial charge < -0.3 is 10.5 Å². The number of ether oxygens (including phenoxy) is 1. The summed E-state index contributed by atoms with van der Waals surface area (Å²) in [6.45, 7) is 5.19. The summed E-state index contributed by atoms with van der Waals surface area (Å²) in [6.07, 6.45) is -4.40. The van der Waals surface area contributed by atoms with Gasteiger partial charge in [-0.3, -0.25) is 4.79 Å². The molecule has 25 heavy (non-hydrogen) atoms. The first-order valence-electron chi connectivity index (χ1n) is 7.52. The highest BCUT2D eigenvalue weighted by Crippen LogP contribution is 2.32. The van der Waals surface area contributed by atoms with Crippen LogP contribution in [0.2, 0.25) is 0 Å². The van der Waals surface area contributed by atoms with Crippen LogP contribution in [-0.4, -0.2) is 22.6 Å². The second kappa shape index (κ2) is 6.92. The van der Waals surface area contributed by atoms with Crippen LogP contribution in [0.1, 0.15) is 32.0 Å². The molecule has 1 unspecified atom stereocenters. The van der Waals surface area contributed by atoms with Gasteiger partial charge in [0.1, 0.15) is 17.3 Å². The van der Waals surface area contributed by atoms with E-state index in [-0.39, 0.29) is 11.9 Å². The van der Waals surface area contributed by atoms with Crippen molar-refractivity contribution in [3.05, 3.63) is 40.0 Å². The number of halogens is 4. The predicted molar refractivity (Wildman–Crippen MR) is 92.0 cm³/mol. The number of aromatic nitrogens is 1. The molecule has 0 aliphatic rings. The van der Waals surface area contributed by atoms with E-state index in [1.54, 1.807) is 32.9 Å². The summed E-state index contributed by atoms with van der Waals surface area (Å²) in [7, 11) is 0. The van der Waals surface area contributed by atoms with Gasteiger partial charge in [-0.2, -0.15) is 13.2 Å². The van der Waals surface area contributed by atoms with Crippen molar-refractivity contribution in [2.75, 3.05) is 0 Å². The summed E-state index contributed by atoms with van der Waals surface area (Å²) < 4.78 is 44.3. The molecule has 4 nitrogen and oxygen atoms in total. The van der Waals surface area contributed by atoms with Crippen molar-refractivity contribution in [1.82, 2.24) is 4.98 Å². The molecule has 1 aromatic heterocycles. The van der Waals surface area contributed by atoms with Crippen molar-refractivity contribution in [2.45, 2.75) is 45.0 Å². The zero-order chi connectivity index (χ0) is 19.0. The van der Waals surface area contributed by atoms with Crippen molar-refractivity contribution < 1.29 is 22.7 Å². The SMILES string of the molecule is CC(C)(C)OC(=O)C(N)Cc1ccc(Br)c2nc(C(F)(F)F)ccc12. The molecule has 2 N–H and O–H groups in total. The molecule has 0 bridgehead atoms. The maximum Gasteiger partial charge on any atom is 0.433 e. The standard InChI is InChI=1S/C17H18BrF3N2O2/c1-16(2,3)25-15(24)12(22)8-9-4-6-11(18)14-10(9)5-7-13(23-14)17(19,20)21/h4-7,12H,8,22H2,1-3H3. The molecule has 1 aromatic carbocycles. The number of alkyl halides is 3. The fourth-order valence-electron chi connectivity index (χ4n) is 2.28. The average Bonchev–Trinajstić information content (AvgIpc) is 2.47. The molecule has 0 fully saturated rings. The first-order chi connectivity index (χ1) is 11.4. The van der Waals surface area contributed by atoms with Gasteiger partial charge in [-0.15, -0.1) is 0 Å². The van der Waals surface area contributed by atoms with E-state index in [0.29, 0.717) is 15.4 Å². The smallest absolute Gasteiger partial charge is 0.433 e. The molecule has 0 aliphatic carbocycles. The van der Waals surface area contributed by atoms with Crippen molar-refractivity contribution in [1.29, 1.82) is 0 Å². The van der Waals surface area contributed by atoms with Crippen LogP contribution in [0, 0.1) is 0 Å². The Hall–Kier alpha value is -1.67. The molecule has 0 spiro atoms. The lowest BCUT2D eigenvalue weighted by Crippen LogP contribution is -2.38. The van der Waals surface area contributed by atoms with E-state index in [2.05, 4.69) is 20.9 Å². The van der Waals surface area contributed by atoms with Crippen LogP contribution in [0.25, 0.3) is 10.9 Å². The maximum atomic E-state index is 12.9. The Labute approximate surface area is 151 Å². The highest BCUT2D eigenvalue weighted by molar-refractivity contribution is 9.10. The minimum absolute atomic E-state index is 0.131. The predicted octanol–water partition coefficient (Wildman–Crippen LogP) is 4.23. The van der Waals surface area contributed by atoms with Crippen molar-refractivity contribution in [3.63, 3.8) is 0 Å². The molecule has 2 aromatic rings. The van der Waals surface area contributed by atoms with Gasteiger partial charge in [-0.1, -0.05) is 12.1 Å². The van der Waals surface area contributed by atoms with Gasteiger partial charge in [0.2, 0.25) is 0 Å². The Morgan fingerprint density at radius 3 is 2.44 bits per heavy atom. The third-order valence-electron chi connectivity index (χ3n) is 3.34. The summed E-state index contributed by atoms with van der Waals surface area (Å²) in [4.78, 5) is 15.7. The van der Waals surface area contributed by atoms with Crippen LogP contribution in [0.3, 0.4) is 0 Å². The van der Waals surface area contributed by atoms with Gasteiger partial charge in [0.05, 0.1) is 5.52 Å². The van der Waals surface area contributed by atoms with Crippen molar-refractivity contribution in [3.8, 4) is 0 Å². The van der Waals surface area contributed by atoms with Gasteiger partial charge in [-0.25, -0.2) is 4.98 Å². The van der Waals surface area contributed by atoms with Gasteiger partial charge in [0, 0.05) is 9.86 Å². The number of hydrogen-bond donors (Lipinski definition) is 1. The number of nitrogens with two attached hydrogens (primary N) is 1. The molecular formula is C17H18BrF3N2O2. The molecule has 0 amide bonds. The molecule has 8 heteroatoms. The van der Waals surface area contributed by atoms with Gasteiger partial charge >= 0.3 is 12.1 Å². The zero-order valence-electron chi connectivity index (χ0n) is 13.9. The topological polar surface area (TPSA) is 65.2 Å². The third-order valence-corrected chi connectivity index (χ3v) is 3.98. The van der Waals surface area contributed by atoms with Gasteiger partial charge in [-0.05, 0) is 60.8 Å². The third kappa shape index (κ3) is 4.92. The fourth-order valence-corrected chi connectivity index (χ4v) is 2.71. The zero-order valence-corrected chi connectivity index (χ0v) is 15.5. The van der Waals surface area contributed by atoms with Crippen LogP contribution in [0.4, 0.5) is 13.2 Å². The van der Waals surface area contributed by atoms with E-state index < -0.39 is 29.5 Å². The molecule has 0 aliphatic heterocycles. The van der Waals surface area contributed by atoms with E-state index in [1.165, 1.54) is 6.07 Å². The molecule has 0 radical (unpaired) electrons. The quantitative estimate of drug-likeness (QED) is 0.757. The van der Waals surface area contributed by atoms with E-state index in [9.17, 15) is 18.0 Å². The lowest BCUT2D eigenvalue weighted by Gasteiger charge is -2.22.